The Morgan fingerprint density at radius 1 is 1.29 bits per heavy atom. The van der Waals surface area contributed by atoms with E-state index in [0.717, 1.165) is 37.4 Å². The minimum absolute atomic E-state index is 0. The van der Waals surface area contributed by atoms with Crippen molar-refractivity contribution in [1.29, 1.82) is 0 Å². The van der Waals surface area contributed by atoms with Gasteiger partial charge in [-0.25, -0.2) is 4.68 Å². The van der Waals surface area contributed by atoms with Crippen LogP contribution < -0.4 is 5.73 Å². The summed E-state index contributed by atoms with van der Waals surface area (Å²) in [6, 6.07) is 5.67. The Hall–Kier alpha value is -0.850. The number of nitrogens with zero attached hydrogens (tertiary/aromatic N) is 4. The van der Waals surface area contributed by atoms with Crippen molar-refractivity contribution in [3.05, 3.63) is 40.1 Å². The molecule has 8 heteroatoms. The Balaban J connectivity index is 0.00000208. The number of rotatable bonds is 3. The van der Waals surface area contributed by atoms with E-state index >= 15 is 0 Å². The molecule has 1 aliphatic heterocycles. The zero-order valence-corrected chi connectivity index (χ0v) is 16.1. The van der Waals surface area contributed by atoms with Crippen molar-refractivity contribution in [2.24, 2.45) is 11.1 Å². The van der Waals surface area contributed by atoms with Gasteiger partial charge in [0.2, 0.25) is 0 Å². The maximum absolute atomic E-state index is 6.19. The van der Waals surface area contributed by atoms with Crippen LogP contribution in [0.4, 0.5) is 0 Å². The SMILES string of the molecule is CC1(C)CN(Cc2cn(-c3ccc(Cl)c(Cl)c3)nn2)CCC1N.Cl. The molecular weight excluding hydrogens is 369 g/mol. The lowest BCUT2D eigenvalue weighted by Crippen LogP contribution is -2.52. The monoisotopic (exact) mass is 389 g/mol. The van der Waals surface area contributed by atoms with Crippen LogP contribution in [0.25, 0.3) is 5.69 Å². The second-order valence-electron chi connectivity index (χ2n) is 6.85. The highest BCUT2D eigenvalue weighted by molar-refractivity contribution is 6.42. The van der Waals surface area contributed by atoms with Crippen molar-refractivity contribution < 1.29 is 0 Å². The van der Waals surface area contributed by atoms with Crippen LogP contribution in [-0.4, -0.2) is 39.0 Å². The lowest BCUT2D eigenvalue weighted by molar-refractivity contribution is 0.0889. The van der Waals surface area contributed by atoms with Crippen LogP contribution in [0.2, 0.25) is 10.0 Å². The summed E-state index contributed by atoms with van der Waals surface area (Å²) < 4.78 is 1.72. The lowest BCUT2D eigenvalue weighted by atomic mass is 9.80. The van der Waals surface area contributed by atoms with Gasteiger partial charge in [0.15, 0.2) is 0 Å². The quantitative estimate of drug-likeness (QED) is 0.870. The summed E-state index contributed by atoms with van der Waals surface area (Å²) >= 11 is 12.0. The van der Waals surface area contributed by atoms with Crippen molar-refractivity contribution >= 4 is 35.6 Å². The van der Waals surface area contributed by atoms with Gasteiger partial charge in [-0.3, -0.25) is 4.90 Å². The van der Waals surface area contributed by atoms with Crippen molar-refractivity contribution in [2.75, 3.05) is 13.1 Å². The third-order valence-electron chi connectivity index (χ3n) is 4.49. The van der Waals surface area contributed by atoms with Gasteiger partial charge in [0.05, 0.1) is 27.6 Å². The Morgan fingerprint density at radius 3 is 2.71 bits per heavy atom. The van der Waals surface area contributed by atoms with Crippen LogP contribution in [0.15, 0.2) is 24.4 Å². The molecule has 1 unspecified atom stereocenters. The van der Waals surface area contributed by atoms with Crippen LogP contribution in [0.3, 0.4) is 0 Å². The second-order valence-corrected chi connectivity index (χ2v) is 7.66. The Morgan fingerprint density at radius 2 is 2.04 bits per heavy atom. The topological polar surface area (TPSA) is 60.0 Å². The molecule has 0 spiro atoms. The van der Waals surface area contributed by atoms with Crippen molar-refractivity contribution in [2.45, 2.75) is 32.9 Å². The number of hydrogen-bond acceptors (Lipinski definition) is 4. The largest absolute Gasteiger partial charge is 0.327 e. The summed E-state index contributed by atoms with van der Waals surface area (Å²) in [6.07, 6.45) is 2.94. The number of aromatic nitrogens is 3. The lowest BCUT2D eigenvalue weighted by Gasteiger charge is -2.42. The predicted molar refractivity (Wildman–Crippen MR) is 100 cm³/mol. The fourth-order valence-corrected chi connectivity index (χ4v) is 3.27. The Bertz CT molecular complexity index is 701. The van der Waals surface area contributed by atoms with E-state index in [9.17, 15) is 0 Å². The molecule has 132 valence electrons. The summed E-state index contributed by atoms with van der Waals surface area (Å²) in [6.45, 7) is 7.17. The van der Waals surface area contributed by atoms with Gasteiger partial charge in [-0.05, 0) is 30.0 Å². The molecule has 2 N–H and O–H groups in total. The Kier molecular flexibility index (Phi) is 6.15. The molecule has 0 radical (unpaired) electrons. The normalized spacial score (nSPS) is 20.6. The fraction of sp³-hybridized carbons (Fsp3) is 0.500. The molecule has 1 aromatic heterocycles. The van der Waals surface area contributed by atoms with Crippen LogP contribution in [-0.2, 0) is 6.54 Å². The van der Waals surface area contributed by atoms with Gasteiger partial charge in [0, 0.05) is 25.7 Å². The molecule has 1 aromatic carbocycles. The van der Waals surface area contributed by atoms with Crippen LogP contribution >= 0.6 is 35.6 Å². The van der Waals surface area contributed by atoms with Gasteiger partial charge < -0.3 is 5.73 Å². The van der Waals surface area contributed by atoms with E-state index in [1.54, 1.807) is 16.8 Å². The van der Waals surface area contributed by atoms with Gasteiger partial charge in [0.1, 0.15) is 0 Å². The minimum Gasteiger partial charge on any atom is -0.327 e. The first-order valence-corrected chi connectivity index (χ1v) is 8.45. The van der Waals surface area contributed by atoms with Crippen LogP contribution in [0.1, 0.15) is 26.0 Å². The molecule has 1 fully saturated rings. The molecule has 0 aliphatic carbocycles. The van der Waals surface area contributed by atoms with Gasteiger partial charge in [0.25, 0.3) is 0 Å². The standard InChI is InChI=1S/C16H21Cl2N5.ClH/c1-16(2)10-22(6-5-15(16)19)8-11-9-23(21-20-11)12-3-4-13(17)14(18)7-12;/h3-4,7,9,15H,5-6,8,10,19H2,1-2H3;1H. The molecule has 24 heavy (non-hydrogen) atoms. The van der Waals surface area contributed by atoms with E-state index in [4.69, 9.17) is 28.9 Å². The van der Waals surface area contributed by atoms with Crippen LogP contribution in [0, 0.1) is 5.41 Å². The van der Waals surface area contributed by atoms with E-state index in [-0.39, 0.29) is 23.9 Å². The number of nitrogens with two attached hydrogens (primary N) is 1. The van der Waals surface area contributed by atoms with E-state index in [1.165, 1.54) is 0 Å². The summed E-state index contributed by atoms with van der Waals surface area (Å²) in [5.74, 6) is 0. The predicted octanol–water partition coefficient (Wildman–Crippen LogP) is 3.56. The third-order valence-corrected chi connectivity index (χ3v) is 5.22. The average Bonchev–Trinajstić information content (AvgIpc) is 2.94. The zero-order chi connectivity index (χ0) is 16.6. The molecule has 1 aliphatic rings. The molecule has 2 heterocycles. The van der Waals surface area contributed by atoms with Crippen molar-refractivity contribution in [3.8, 4) is 5.69 Å². The highest BCUT2D eigenvalue weighted by Crippen LogP contribution is 2.28. The number of piperidine rings is 1. The zero-order valence-electron chi connectivity index (χ0n) is 13.7. The summed E-state index contributed by atoms with van der Waals surface area (Å²) in [4.78, 5) is 2.38. The van der Waals surface area contributed by atoms with Gasteiger partial charge in [-0.15, -0.1) is 17.5 Å². The first-order chi connectivity index (χ1) is 10.8. The fourth-order valence-electron chi connectivity index (χ4n) is 2.97. The maximum Gasteiger partial charge on any atom is 0.0971 e. The summed E-state index contributed by atoms with van der Waals surface area (Å²) in [7, 11) is 0. The molecule has 0 saturated carbocycles. The molecular formula is C16H22Cl3N5. The molecule has 3 rings (SSSR count). The van der Waals surface area contributed by atoms with Gasteiger partial charge >= 0.3 is 0 Å². The number of likely N-dealkylation sites (tertiary alicyclic amines) is 1. The molecule has 2 aromatic rings. The smallest absolute Gasteiger partial charge is 0.0971 e. The van der Waals surface area contributed by atoms with Gasteiger partial charge in [-0.1, -0.05) is 42.3 Å². The van der Waals surface area contributed by atoms with E-state index in [2.05, 4.69) is 29.1 Å². The van der Waals surface area contributed by atoms with Crippen molar-refractivity contribution in [3.63, 3.8) is 0 Å². The second kappa shape index (κ2) is 7.58. The Labute approximate surface area is 158 Å². The molecule has 0 bridgehead atoms. The number of halogens is 3. The number of benzene rings is 1. The van der Waals surface area contributed by atoms with E-state index < -0.39 is 0 Å². The minimum atomic E-state index is 0. The van der Waals surface area contributed by atoms with Gasteiger partial charge in [-0.2, -0.15) is 0 Å². The first kappa shape index (κ1) is 19.5. The van der Waals surface area contributed by atoms with E-state index in [1.807, 2.05) is 12.3 Å². The summed E-state index contributed by atoms with van der Waals surface area (Å²) in [5, 5.41) is 9.49. The third kappa shape index (κ3) is 4.21. The highest BCUT2D eigenvalue weighted by Gasteiger charge is 2.33. The maximum atomic E-state index is 6.19. The molecule has 1 atom stereocenters. The average molecular weight is 391 g/mol. The van der Waals surface area contributed by atoms with E-state index in [0.29, 0.717) is 10.0 Å². The van der Waals surface area contributed by atoms with Crippen molar-refractivity contribution in [1.82, 2.24) is 19.9 Å². The molecule has 1 saturated heterocycles. The van der Waals surface area contributed by atoms with Crippen LogP contribution in [0.5, 0.6) is 0 Å². The highest BCUT2D eigenvalue weighted by atomic mass is 35.5. The first-order valence-electron chi connectivity index (χ1n) is 7.70. The number of hydrogen-bond donors (Lipinski definition) is 1. The molecule has 5 nitrogen and oxygen atoms in total. The molecule has 0 amide bonds. The summed E-state index contributed by atoms with van der Waals surface area (Å²) in [5.41, 5.74) is 8.09.